The Hall–Kier alpha value is -3.22. The first kappa shape index (κ1) is 21.1. The second-order valence-electron chi connectivity index (χ2n) is 6.88. The summed E-state index contributed by atoms with van der Waals surface area (Å²) in [5.74, 6) is 0.141. The van der Waals surface area contributed by atoms with Gasteiger partial charge in [-0.05, 0) is 50.5 Å². The molecule has 0 bridgehead atoms. The topological polar surface area (TPSA) is 99.2 Å². The molecule has 7 heteroatoms. The van der Waals surface area contributed by atoms with Gasteiger partial charge in [0, 0.05) is 37.2 Å². The second kappa shape index (κ2) is 9.12. The van der Waals surface area contributed by atoms with E-state index in [1.807, 2.05) is 13.8 Å². The van der Waals surface area contributed by atoms with Gasteiger partial charge in [0.15, 0.2) is 0 Å². The fraction of sp³-hybridized carbons (Fsp3) is 0.333. The Labute approximate surface area is 164 Å². The number of carboxylic acid groups (broad SMARTS) is 1. The van der Waals surface area contributed by atoms with Crippen LogP contribution in [0, 0.1) is 20.8 Å². The number of nitrogens with zero attached hydrogens (tertiary/aromatic N) is 3. The van der Waals surface area contributed by atoms with Gasteiger partial charge in [-0.25, -0.2) is 4.98 Å². The van der Waals surface area contributed by atoms with E-state index in [9.17, 15) is 4.79 Å². The molecule has 7 nitrogen and oxygen atoms in total. The molecule has 0 aliphatic carbocycles. The maximum absolute atomic E-state index is 11.8. The molecule has 0 radical (unpaired) electrons. The summed E-state index contributed by atoms with van der Waals surface area (Å²) in [5, 5.41) is 15.3. The van der Waals surface area contributed by atoms with Gasteiger partial charge in [0.25, 0.3) is 6.47 Å². The number of amides is 1. The fourth-order valence-corrected chi connectivity index (χ4v) is 3.13. The van der Waals surface area contributed by atoms with Crippen molar-refractivity contribution in [3.63, 3.8) is 0 Å². The van der Waals surface area contributed by atoms with E-state index in [2.05, 4.69) is 41.4 Å². The zero-order valence-electron chi connectivity index (χ0n) is 16.9. The van der Waals surface area contributed by atoms with Crippen molar-refractivity contribution in [2.75, 3.05) is 14.1 Å². The van der Waals surface area contributed by atoms with Crippen molar-refractivity contribution in [1.29, 1.82) is 0 Å². The molecule has 0 saturated heterocycles. The molecule has 3 rings (SSSR count). The predicted molar refractivity (Wildman–Crippen MR) is 109 cm³/mol. The van der Waals surface area contributed by atoms with Gasteiger partial charge in [-0.1, -0.05) is 12.1 Å². The quantitative estimate of drug-likeness (QED) is 0.675. The molecule has 1 aromatic carbocycles. The van der Waals surface area contributed by atoms with Crippen LogP contribution in [0.15, 0.2) is 24.3 Å². The Bertz CT molecular complexity index is 973. The van der Waals surface area contributed by atoms with E-state index in [1.165, 1.54) is 5.56 Å². The van der Waals surface area contributed by atoms with E-state index in [4.69, 9.17) is 14.9 Å². The Morgan fingerprint density at radius 3 is 2.46 bits per heavy atom. The Kier molecular flexibility index (Phi) is 6.87. The van der Waals surface area contributed by atoms with Gasteiger partial charge in [-0.15, -0.1) is 0 Å². The summed E-state index contributed by atoms with van der Waals surface area (Å²) in [6.07, 6.45) is 1.23. The highest BCUT2D eigenvalue weighted by Crippen LogP contribution is 2.28. The van der Waals surface area contributed by atoms with Gasteiger partial charge < -0.3 is 10.0 Å². The van der Waals surface area contributed by atoms with Gasteiger partial charge in [0.2, 0.25) is 5.91 Å². The molecular weight excluding hydrogens is 356 g/mol. The summed E-state index contributed by atoms with van der Waals surface area (Å²) in [5.41, 5.74) is 7.27. The molecule has 0 unspecified atom stereocenters. The first-order valence-electron chi connectivity index (χ1n) is 8.98. The first-order valence-corrected chi connectivity index (χ1v) is 8.98. The number of hydrogen-bond donors (Lipinski definition) is 2. The maximum Gasteiger partial charge on any atom is 0.290 e. The third kappa shape index (κ3) is 4.73. The average Bonchev–Trinajstić information content (AvgIpc) is 2.98. The minimum atomic E-state index is -0.250. The summed E-state index contributed by atoms with van der Waals surface area (Å²) < 4.78 is 0. The highest BCUT2D eigenvalue weighted by molar-refractivity contribution is 5.86. The van der Waals surface area contributed by atoms with Crippen LogP contribution >= 0.6 is 0 Å². The summed E-state index contributed by atoms with van der Waals surface area (Å²) in [7, 11) is 3.57. The van der Waals surface area contributed by atoms with Gasteiger partial charge in [-0.3, -0.25) is 14.7 Å². The highest BCUT2D eigenvalue weighted by atomic mass is 16.3. The van der Waals surface area contributed by atoms with Crippen LogP contribution in [0.3, 0.4) is 0 Å². The van der Waals surface area contributed by atoms with Gasteiger partial charge in [0.05, 0.1) is 16.9 Å². The fourth-order valence-electron chi connectivity index (χ4n) is 3.13. The molecule has 0 aliphatic heterocycles. The Morgan fingerprint density at radius 1 is 1.21 bits per heavy atom. The third-order valence-corrected chi connectivity index (χ3v) is 4.59. The molecule has 0 fully saturated rings. The molecule has 3 aromatic rings. The van der Waals surface area contributed by atoms with Crippen LogP contribution < -0.4 is 0 Å². The largest absolute Gasteiger partial charge is 0.483 e. The van der Waals surface area contributed by atoms with Crippen LogP contribution in [0.2, 0.25) is 0 Å². The molecule has 1 amide bonds. The molecule has 0 atom stereocenters. The van der Waals surface area contributed by atoms with Crippen molar-refractivity contribution >= 4 is 23.3 Å². The lowest BCUT2D eigenvalue weighted by molar-refractivity contribution is -0.128. The van der Waals surface area contributed by atoms with E-state index < -0.39 is 0 Å². The minimum Gasteiger partial charge on any atom is -0.483 e. The van der Waals surface area contributed by atoms with E-state index in [-0.39, 0.29) is 12.4 Å². The number of carbonyl (C=O) groups is 2. The molecule has 0 spiro atoms. The van der Waals surface area contributed by atoms with E-state index in [0.29, 0.717) is 6.42 Å². The van der Waals surface area contributed by atoms with Crippen molar-refractivity contribution in [3.8, 4) is 11.3 Å². The lowest BCUT2D eigenvalue weighted by Gasteiger charge is -2.11. The van der Waals surface area contributed by atoms with Crippen LogP contribution in [0.25, 0.3) is 22.2 Å². The molecule has 28 heavy (non-hydrogen) atoms. The van der Waals surface area contributed by atoms with Crippen molar-refractivity contribution in [2.45, 2.75) is 33.6 Å². The number of nitrogens with one attached hydrogen (secondary N) is 1. The van der Waals surface area contributed by atoms with Crippen molar-refractivity contribution in [2.24, 2.45) is 0 Å². The normalized spacial score (nSPS) is 10.3. The van der Waals surface area contributed by atoms with E-state index in [0.717, 1.165) is 45.5 Å². The van der Waals surface area contributed by atoms with Crippen molar-refractivity contribution in [3.05, 3.63) is 46.8 Å². The number of pyridine rings is 1. The third-order valence-electron chi connectivity index (χ3n) is 4.59. The van der Waals surface area contributed by atoms with Gasteiger partial charge >= 0.3 is 0 Å². The monoisotopic (exact) mass is 382 g/mol. The summed E-state index contributed by atoms with van der Waals surface area (Å²) in [6, 6.07) is 8.40. The van der Waals surface area contributed by atoms with Crippen molar-refractivity contribution in [1.82, 2.24) is 20.1 Å². The SMILES string of the molecule is Cc1n[nH]c(C)c1-c1cc(C)c2ccc(CCC(=O)N(C)C)cc2n1.O=CO. The number of fused-ring (bicyclic) bond motifs is 1. The summed E-state index contributed by atoms with van der Waals surface area (Å²) in [6.45, 7) is 5.86. The Balaban J connectivity index is 0.000000878. The Morgan fingerprint density at radius 2 is 1.89 bits per heavy atom. The lowest BCUT2D eigenvalue weighted by atomic mass is 10.0. The number of aromatic amines is 1. The zero-order chi connectivity index (χ0) is 20.8. The van der Waals surface area contributed by atoms with Gasteiger partial charge in [0.1, 0.15) is 0 Å². The smallest absolute Gasteiger partial charge is 0.290 e. The van der Waals surface area contributed by atoms with Gasteiger partial charge in [-0.2, -0.15) is 5.10 Å². The molecular formula is C21H26N4O3. The minimum absolute atomic E-state index is 0.141. The molecule has 2 N–H and O–H groups in total. The molecule has 2 heterocycles. The van der Waals surface area contributed by atoms with Crippen LogP contribution in [-0.4, -0.2) is 51.7 Å². The maximum atomic E-state index is 11.8. The number of hydrogen-bond acceptors (Lipinski definition) is 4. The first-order chi connectivity index (χ1) is 13.3. The standard InChI is InChI=1S/C20H24N4O.CH2O2/c1-12-10-18(20-13(2)22-23-14(20)3)21-17-11-15(6-8-16(12)17)7-9-19(25)24(4)5;2-1-3/h6,8,10-11H,7,9H2,1-5H3,(H,22,23);1H,(H,2,3). The second-order valence-corrected chi connectivity index (χ2v) is 6.88. The van der Waals surface area contributed by atoms with Crippen LogP contribution in [-0.2, 0) is 16.0 Å². The number of benzene rings is 1. The number of H-pyrrole nitrogens is 1. The predicted octanol–water partition coefficient (Wildman–Crippen LogP) is 3.27. The lowest BCUT2D eigenvalue weighted by Crippen LogP contribution is -2.21. The van der Waals surface area contributed by atoms with Crippen LogP contribution in [0.5, 0.6) is 0 Å². The molecule has 2 aromatic heterocycles. The number of aryl methyl sites for hydroxylation is 4. The summed E-state index contributed by atoms with van der Waals surface area (Å²) in [4.78, 5) is 26.7. The molecule has 0 saturated carbocycles. The number of aromatic nitrogens is 3. The average molecular weight is 382 g/mol. The van der Waals surface area contributed by atoms with Crippen LogP contribution in [0.4, 0.5) is 0 Å². The number of carbonyl (C=O) groups excluding carboxylic acids is 1. The number of rotatable bonds is 4. The molecule has 0 aliphatic rings. The summed E-state index contributed by atoms with van der Waals surface area (Å²) >= 11 is 0. The highest BCUT2D eigenvalue weighted by Gasteiger charge is 2.13. The van der Waals surface area contributed by atoms with Crippen molar-refractivity contribution < 1.29 is 14.7 Å². The van der Waals surface area contributed by atoms with E-state index in [1.54, 1.807) is 19.0 Å². The zero-order valence-corrected chi connectivity index (χ0v) is 16.9. The van der Waals surface area contributed by atoms with Crippen LogP contribution in [0.1, 0.15) is 28.9 Å². The van der Waals surface area contributed by atoms with E-state index >= 15 is 0 Å². The molecule has 148 valence electrons.